The topological polar surface area (TPSA) is 35.0 Å². The van der Waals surface area contributed by atoms with Crippen molar-refractivity contribution in [1.29, 1.82) is 0 Å². The second kappa shape index (κ2) is 7.42. The summed E-state index contributed by atoms with van der Waals surface area (Å²) in [7, 11) is 0. The standard InChI is InChI=1S/C20H24.H3N/c1-2-10-16-20(17-11-3-1,18-12-6-4-7-13-18)19-14-8-5-9-15-19;/h4-9,12-15H,1-3,10-11,16-17H2;1H3. The smallest absolute Gasteiger partial charge is 0.0202 e. The van der Waals surface area contributed by atoms with Gasteiger partial charge in [-0.1, -0.05) is 92.8 Å². The molecule has 3 rings (SSSR count). The first-order valence-corrected chi connectivity index (χ1v) is 8.03. The van der Waals surface area contributed by atoms with Gasteiger partial charge in [0.2, 0.25) is 0 Å². The average molecular weight is 281 g/mol. The fourth-order valence-corrected chi connectivity index (χ4v) is 3.77. The summed E-state index contributed by atoms with van der Waals surface area (Å²) < 4.78 is 0. The zero-order valence-electron chi connectivity index (χ0n) is 12.9. The lowest BCUT2D eigenvalue weighted by Gasteiger charge is -2.37. The van der Waals surface area contributed by atoms with Crippen LogP contribution in [0.4, 0.5) is 0 Å². The molecule has 112 valence electrons. The molecular formula is C20H27N. The van der Waals surface area contributed by atoms with E-state index >= 15 is 0 Å². The van der Waals surface area contributed by atoms with Crippen LogP contribution in [0.25, 0.3) is 0 Å². The van der Waals surface area contributed by atoms with Crippen LogP contribution in [0.5, 0.6) is 0 Å². The zero-order chi connectivity index (χ0) is 13.7. The van der Waals surface area contributed by atoms with Gasteiger partial charge in [0.15, 0.2) is 0 Å². The molecule has 2 aromatic carbocycles. The average Bonchev–Trinajstić information content (AvgIpc) is 2.49. The van der Waals surface area contributed by atoms with E-state index in [0.717, 1.165) is 0 Å². The van der Waals surface area contributed by atoms with E-state index in [9.17, 15) is 0 Å². The Morgan fingerprint density at radius 3 is 1.33 bits per heavy atom. The molecule has 0 radical (unpaired) electrons. The third-order valence-electron chi connectivity index (χ3n) is 4.86. The van der Waals surface area contributed by atoms with Crippen LogP contribution in [0.1, 0.15) is 56.1 Å². The van der Waals surface area contributed by atoms with Crippen LogP contribution in [0.2, 0.25) is 0 Å². The van der Waals surface area contributed by atoms with Crippen LogP contribution in [0.3, 0.4) is 0 Å². The molecule has 1 nitrogen and oxygen atoms in total. The molecule has 2 aromatic rings. The highest BCUT2D eigenvalue weighted by molar-refractivity contribution is 5.39. The summed E-state index contributed by atoms with van der Waals surface area (Å²) in [5, 5.41) is 0. The van der Waals surface area contributed by atoms with Crippen molar-refractivity contribution < 1.29 is 0 Å². The van der Waals surface area contributed by atoms with Crippen LogP contribution in [0.15, 0.2) is 60.7 Å². The molecule has 1 aliphatic carbocycles. The van der Waals surface area contributed by atoms with Crippen molar-refractivity contribution in [2.24, 2.45) is 0 Å². The van der Waals surface area contributed by atoms with Gasteiger partial charge in [-0.3, -0.25) is 0 Å². The van der Waals surface area contributed by atoms with Crippen LogP contribution in [-0.4, -0.2) is 0 Å². The molecule has 0 bridgehead atoms. The first kappa shape index (κ1) is 15.8. The number of rotatable bonds is 2. The summed E-state index contributed by atoms with van der Waals surface area (Å²) in [6, 6.07) is 22.3. The van der Waals surface area contributed by atoms with Gasteiger partial charge in [0, 0.05) is 5.41 Å². The highest BCUT2D eigenvalue weighted by atomic mass is 14.4. The Morgan fingerprint density at radius 2 is 0.905 bits per heavy atom. The van der Waals surface area contributed by atoms with E-state index in [1.807, 2.05) is 0 Å². The highest BCUT2D eigenvalue weighted by Crippen LogP contribution is 2.43. The van der Waals surface area contributed by atoms with Crippen molar-refractivity contribution in [3.63, 3.8) is 0 Å². The lowest BCUT2D eigenvalue weighted by Crippen LogP contribution is -2.28. The third-order valence-corrected chi connectivity index (χ3v) is 4.86. The van der Waals surface area contributed by atoms with E-state index in [2.05, 4.69) is 60.7 Å². The van der Waals surface area contributed by atoms with Crippen molar-refractivity contribution in [2.45, 2.75) is 50.4 Å². The largest absolute Gasteiger partial charge is 0.344 e. The quantitative estimate of drug-likeness (QED) is 0.733. The van der Waals surface area contributed by atoms with Gasteiger partial charge in [0.25, 0.3) is 0 Å². The molecule has 0 saturated heterocycles. The summed E-state index contributed by atoms with van der Waals surface area (Å²) in [5.74, 6) is 0. The second-order valence-corrected chi connectivity index (χ2v) is 6.08. The van der Waals surface area contributed by atoms with Gasteiger partial charge in [0.1, 0.15) is 0 Å². The first-order chi connectivity index (χ1) is 9.92. The van der Waals surface area contributed by atoms with Crippen molar-refractivity contribution in [3.8, 4) is 0 Å². The number of hydrogen-bond donors (Lipinski definition) is 1. The van der Waals surface area contributed by atoms with Gasteiger partial charge in [-0.25, -0.2) is 0 Å². The maximum absolute atomic E-state index is 2.33. The number of hydrogen-bond acceptors (Lipinski definition) is 1. The summed E-state index contributed by atoms with van der Waals surface area (Å²) in [4.78, 5) is 0. The molecule has 0 spiro atoms. The summed E-state index contributed by atoms with van der Waals surface area (Å²) >= 11 is 0. The maximum atomic E-state index is 2.33. The SMILES string of the molecule is N.c1ccc(C2(c3ccccc3)CCCCCCC2)cc1. The molecule has 0 amide bonds. The highest BCUT2D eigenvalue weighted by Gasteiger charge is 2.33. The van der Waals surface area contributed by atoms with Crippen LogP contribution >= 0.6 is 0 Å². The Balaban J connectivity index is 0.00000161. The summed E-state index contributed by atoms with van der Waals surface area (Å²) in [6.07, 6.45) is 9.48. The Kier molecular flexibility index (Phi) is 5.58. The fraction of sp³-hybridized carbons (Fsp3) is 0.400. The zero-order valence-corrected chi connectivity index (χ0v) is 12.9. The van der Waals surface area contributed by atoms with Crippen LogP contribution < -0.4 is 6.15 Å². The van der Waals surface area contributed by atoms with Crippen molar-refractivity contribution in [1.82, 2.24) is 6.15 Å². The Morgan fingerprint density at radius 1 is 0.524 bits per heavy atom. The Labute approximate surface area is 129 Å². The molecule has 1 saturated carbocycles. The normalized spacial score (nSPS) is 18.1. The minimum absolute atomic E-state index is 0. The van der Waals surface area contributed by atoms with Crippen molar-refractivity contribution >= 4 is 0 Å². The van der Waals surface area contributed by atoms with E-state index in [1.165, 1.54) is 56.1 Å². The van der Waals surface area contributed by atoms with Crippen molar-refractivity contribution in [2.75, 3.05) is 0 Å². The lowest BCUT2D eigenvalue weighted by atomic mass is 9.67. The van der Waals surface area contributed by atoms with Gasteiger partial charge in [-0.15, -0.1) is 0 Å². The van der Waals surface area contributed by atoms with Gasteiger partial charge in [-0.05, 0) is 24.0 Å². The molecule has 1 fully saturated rings. The molecule has 1 aliphatic rings. The molecule has 3 N–H and O–H groups in total. The minimum Gasteiger partial charge on any atom is -0.344 e. The summed E-state index contributed by atoms with van der Waals surface area (Å²) in [5.41, 5.74) is 3.25. The maximum Gasteiger partial charge on any atom is 0.0202 e. The molecule has 1 heteroatoms. The fourth-order valence-electron chi connectivity index (χ4n) is 3.77. The molecule has 21 heavy (non-hydrogen) atoms. The molecule has 0 aromatic heterocycles. The Bertz CT molecular complexity index is 469. The predicted octanol–water partition coefficient (Wildman–Crippen LogP) is 5.88. The van der Waals surface area contributed by atoms with Crippen molar-refractivity contribution in [3.05, 3.63) is 71.8 Å². The van der Waals surface area contributed by atoms with E-state index < -0.39 is 0 Å². The number of benzene rings is 2. The van der Waals surface area contributed by atoms with E-state index in [0.29, 0.717) is 0 Å². The first-order valence-electron chi connectivity index (χ1n) is 8.03. The van der Waals surface area contributed by atoms with Gasteiger partial charge in [0.05, 0.1) is 0 Å². The molecule has 0 aliphatic heterocycles. The Hall–Kier alpha value is -1.60. The van der Waals surface area contributed by atoms with Gasteiger partial charge < -0.3 is 6.15 Å². The van der Waals surface area contributed by atoms with Gasteiger partial charge >= 0.3 is 0 Å². The molecule has 0 heterocycles. The van der Waals surface area contributed by atoms with E-state index in [1.54, 1.807) is 0 Å². The molecular weight excluding hydrogens is 254 g/mol. The monoisotopic (exact) mass is 281 g/mol. The molecule has 0 atom stereocenters. The van der Waals surface area contributed by atoms with Crippen LogP contribution in [-0.2, 0) is 5.41 Å². The predicted molar refractivity (Wildman–Crippen MR) is 91.0 cm³/mol. The minimum atomic E-state index is 0. The molecule has 0 unspecified atom stereocenters. The van der Waals surface area contributed by atoms with E-state index in [4.69, 9.17) is 0 Å². The van der Waals surface area contributed by atoms with Crippen LogP contribution in [0, 0.1) is 0 Å². The summed E-state index contributed by atoms with van der Waals surface area (Å²) in [6.45, 7) is 0. The van der Waals surface area contributed by atoms with E-state index in [-0.39, 0.29) is 11.6 Å². The third kappa shape index (κ3) is 3.36. The lowest BCUT2D eigenvalue weighted by molar-refractivity contribution is 0.366. The van der Waals surface area contributed by atoms with Gasteiger partial charge in [-0.2, -0.15) is 0 Å². The second-order valence-electron chi connectivity index (χ2n) is 6.08.